The molecule has 114 valence electrons. The first kappa shape index (κ1) is 16.9. The SMILES string of the molecule is CCN(CCCN(C)C)S(=O)(=O)Cc1cccc(N)c1. The number of rotatable bonds is 8. The van der Waals surface area contributed by atoms with E-state index in [1.165, 1.54) is 0 Å². The Kier molecular flexibility index (Phi) is 6.45. The van der Waals surface area contributed by atoms with Crippen molar-refractivity contribution in [2.24, 2.45) is 0 Å². The molecule has 0 bridgehead atoms. The van der Waals surface area contributed by atoms with Crippen LogP contribution in [0.5, 0.6) is 0 Å². The summed E-state index contributed by atoms with van der Waals surface area (Å²) in [5.41, 5.74) is 7.01. The molecule has 5 nitrogen and oxygen atoms in total. The molecule has 0 aliphatic rings. The molecule has 0 radical (unpaired) electrons. The molecule has 1 aromatic rings. The molecule has 0 aliphatic heterocycles. The first-order chi connectivity index (χ1) is 9.35. The molecule has 0 fully saturated rings. The van der Waals surface area contributed by atoms with E-state index < -0.39 is 10.0 Å². The number of nitrogen functional groups attached to an aromatic ring is 1. The van der Waals surface area contributed by atoms with Crippen LogP contribution in [0.15, 0.2) is 24.3 Å². The van der Waals surface area contributed by atoms with Crippen molar-refractivity contribution in [3.8, 4) is 0 Å². The molecular formula is C14H25N3O2S. The predicted molar refractivity (Wildman–Crippen MR) is 83.9 cm³/mol. The van der Waals surface area contributed by atoms with Gasteiger partial charge in [0, 0.05) is 18.8 Å². The van der Waals surface area contributed by atoms with Gasteiger partial charge in [0.25, 0.3) is 0 Å². The van der Waals surface area contributed by atoms with E-state index in [1.54, 1.807) is 28.6 Å². The zero-order chi connectivity index (χ0) is 15.2. The van der Waals surface area contributed by atoms with E-state index in [9.17, 15) is 8.42 Å². The fourth-order valence-electron chi connectivity index (χ4n) is 2.04. The molecule has 0 amide bonds. The van der Waals surface area contributed by atoms with Crippen molar-refractivity contribution in [3.63, 3.8) is 0 Å². The Morgan fingerprint density at radius 2 is 1.90 bits per heavy atom. The molecule has 1 aromatic carbocycles. The minimum atomic E-state index is -3.28. The summed E-state index contributed by atoms with van der Waals surface area (Å²) in [6.45, 7) is 3.80. The van der Waals surface area contributed by atoms with Crippen LogP contribution in [0, 0.1) is 0 Å². The lowest BCUT2D eigenvalue weighted by Crippen LogP contribution is -2.34. The zero-order valence-electron chi connectivity index (χ0n) is 12.5. The van der Waals surface area contributed by atoms with Gasteiger partial charge in [-0.1, -0.05) is 19.1 Å². The Morgan fingerprint density at radius 3 is 2.45 bits per heavy atom. The van der Waals surface area contributed by atoms with Crippen molar-refractivity contribution in [3.05, 3.63) is 29.8 Å². The van der Waals surface area contributed by atoms with Gasteiger partial charge >= 0.3 is 0 Å². The van der Waals surface area contributed by atoms with E-state index in [-0.39, 0.29) is 5.75 Å². The molecule has 0 spiro atoms. The van der Waals surface area contributed by atoms with Gasteiger partial charge < -0.3 is 10.6 Å². The minimum absolute atomic E-state index is 0.00778. The van der Waals surface area contributed by atoms with Crippen LogP contribution in [0.3, 0.4) is 0 Å². The number of nitrogens with two attached hydrogens (primary N) is 1. The lowest BCUT2D eigenvalue weighted by Gasteiger charge is -2.21. The van der Waals surface area contributed by atoms with Crippen LogP contribution in [-0.4, -0.2) is 51.4 Å². The van der Waals surface area contributed by atoms with Gasteiger partial charge in [0.2, 0.25) is 10.0 Å². The fourth-order valence-corrected chi connectivity index (χ4v) is 3.63. The molecule has 0 saturated carbocycles. The molecule has 0 saturated heterocycles. The van der Waals surface area contributed by atoms with Crippen molar-refractivity contribution in [2.45, 2.75) is 19.1 Å². The normalized spacial score (nSPS) is 12.2. The third-order valence-corrected chi connectivity index (χ3v) is 4.98. The Labute approximate surface area is 122 Å². The number of hydrogen-bond acceptors (Lipinski definition) is 4. The Morgan fingerprint density at radius 1 is 1.20 bits per heavy atom. The number of benzene rings is 1. The van der Waals surface area contributed by atoms with Gasteiger partial charge in [0.05, 0.1) is 5.75 Å². The van der Waals surface area contributed by atoms with Gasteiger partial charge in [0.15, 0.2) is 0 Å². The maximum atomic E-state index is 12.4. The van der Waals surface area contributed by atoms with Gasteiger partial charge in [-0.25, -0.2) is 12.7 Å². The van der Waals surface area contributed by atoms with Gasteiger partial charge in [-0.15, -0.1) is 0 Å². The summed E-state index contributed by atoms with van der Waals surface area (Å²) in [5, 5.41) is 0. The van der Waals surface area contributed by atoms with Gasteiger partial charge in [-0.3, -0.25) is 0 Å². The first-order valence-electron chi connectivity index (χ1n) is 6.82. The van der Waals surface area contributed by atoms with Crippen LogP contribution in [0.25, 0.3) is 0 Å². The van der Waals surface area contributed by atoms with Crippen LogP contribution in [0.2, 0.25) is 0 Å². The predicted octanol–water partition coefficient (Wildman–Crippen LogP) is 1.37. The zero-order valence-corrected chi connectivity index (χ0v) is 13.4. The van der Waals surface area contributed by atoms with Crippen molar-refractivity contribution < 1.29 is 8.42 Å². The van der Waals surface area contributed by atoms with Gasteiger partial charge in [-0.05, 0) is 44.8 Å². The standard InChI is InChI=1S/C14H25N3O2S/c1-4-17(10-6-9-16(2)3)20(18,19)12-13-7-5-8-14(15)11-13/h5,7-8,11H,4,6,9-10,12,15H2,1-3H3. The molecule has 0 heterocycles. The monoisotopic (exact) mass is 299 g/mol. The lowest BCUT2D eigenvalue weighted by atomic mass is 10.2. The highest BCUT2D eigenvalue weighted by atomic mass is 32.2. The molecular weight excluding hydrogens is 274 g/mol. The van der Waals surface area contributed by atoms with E-state index in [0.717, 1.165) is 18.5 Å². The third-order valence-electron chi connectivity index (χ3n) is 3.06. The Bertz CT molecular complexity index is 515. The Balaban J connectivity index is 2.69. The average molecular weight is 299 g/mol. The highest BCUT2D eigenvalue weighted by Crippen LogP contribution is 2.14. The molecule has 0 unspecified atom stereocenters. The van der Waals surface area contributed by atoms with Crippen LogP contribution in [0.1, 0.15) is 18.9 Å². The first-order valence-corrected chi connectivity index (χ1v) is 8.43. The van der Waals surface area contributed by atoms with E-state index in [2.05, 4.69) is 4.90 Å². The molecule has 0 aliphatic carbocycles. The van der Waals surface area contributed by atoms with Crippen LogP contribution in [0.4, 0.5) is 5.69 Å². The summed E-state index contributed by atoms with van der Waals surface area (Å²) in [7, 11) is 0.686. The largest absolute Gasteiger partial charge is 0.399 e. The smallest absolute Gasteiger partial charge is 0.218 e. The van der Waals surface area contributed by atoms with E-state index >= 15 is 0 Å². The second-order valence-corrected chi connectivity index (χ2v) is 7.12. The summed E-state index contributed by atoms with van der Waals surface area (Å²) < 4.78 is 26.3. The van der Waals surface area contributed by atoms with E-state index in [4.69, 9.17) is 5.73 Å². The topological polar surface area (TPSA) is 66.6 Å². The van der Waals surface area contributed by atoms with Crippen molar-refractivity contribution in [2.75, 3.05) is 39.5 Å². The van der Waals surface area contributed by atoms with Gasteiger partial charge in [0.1, 0.15) is 0 Å². The number of nitrogens with zero attached hydrogens (tertiary/aromatic N) is 2. The molecule has 6 heteroatoms. The van der Waals surface area contributed by atoms with Crippen LogP contribution < -0.4 is 5.73 Å². The van der Waals surface area contributed by atoms with Crippen molar-refractivity contribution in [1.82, 2.24) is 9.21 Å². The highest BCUT2D eigenvalue weighted by molar-refractivity contribution is 7.88. The van der Waals surface area contributed by atoms with Crippen LogP contribution >= 0.6 is 0 Å². The summed E-state index contributed by atoms with van der Waals surface area (Å²) >= 11 is 0. The summed E-state index contributed by atoms with van der Waals surface area (Å²) in [6, 6.07) is 7.04. The van der Waals surface area contributed by atoms with E-state index in [1.807, 2.05) is 21.0 Å². The number of anilines is 1. The Hall–Kier alpha value is -1.11. The minimum Gasteiger partial charge on any atom is -0.399 e. The number of sulfonamides is 1. The second-order valence-electron chi connectivity index (χ2n) is 5.15. The maximum absolute atomic E-state index is 12.4. The average Bonchev–Trinajstić information content (AvgIpc) is 2.33. The second kappa shape index (κ2) is 7.61. The summed E-state index contributed by atoms with van der Waals surface area (Å²) in [4.78, 5) is 2.05. The molecule has 0 atom stereocenters. The molecule has 20 heavy (non-hydrogen) atoms. The molecule has 1 rings (SSSR count). The summed E-state index contributed by atoms with van der Waals surface area (Å²) in [6.07, 6.45) is 0.830. The third kappa shape index (κ3) is 5.48. The molecule has 0 aromatic heterocycles. The maximum Gasteiger partial charge on any atom is 0.218 e. The summed E-state index contributed by atoms with van der Waals surface area (Å²) in [5.74, 6) is 0.00778. The number of hydrogen-bond donors (Lipinski definition) is 1. The quantitative estimate of drug-likeness (QED) is 0.736. The lowest BCUT2D eigenvalue weighted by molar-refractivity contribution is 0.356. The van der Waals surface area contributed by atoms with Crippen LogP contribution in [-0.2, 0) is 15.8 Å². The molecule has 2 N–H and O–H groups in total. The van der Waals surface area contributed by atoms with Crippen molar-refractivity contribution >= 4 is 15.7 Å². The highest BCUT2D eigenvalue weighted by Gasteiger charge is 2.20. The van der Waals surface area contributed by atoms with Gasteiger partial charge in [-0.2, -0.15) is 0 Å². The van der Waals surface area contributed by atoms with Crippen molar-refractivity contribution in [1.29, 1.82) is 0 Å². The van der Waals surface area contributed by atoms with E-state index in [0.29, 0.717) is 18.8 Å². The fraction of sp³-hybridized carbons (Fsp3) is 0.571.